The predicted molar refractivity (Wildman–Crippen MR) is 88.6 cm³/mol. The quantitative estimate of drug-likeness (QED) is 0.900. The minimum absolute atomic E-state index is 0.00796. The second kappa shape index (κ2) is 6.84. The van der Waals surface area contributed by atoms with Crippen molar-refractivity contribution in [1.29, 1.82) is 0 Å². The number of hydrogen-bond acceptors (Lipinski definition) is 6. The summed E-state index contributed by atoms with van der Waals surface area (Å²) in [6.07, 6.45) is 2.72. The van der Waals surface area contributed by atoms with Crippen LogP contribution in [0.15, 0.2) is 5.38 Å². The molecule has 128 valence electrons. The highest BCUT2D eigenvalue weighted by Gasteiger charge is 2.44. The van der Waals surface area contributed by atoms with Crippen LogP contribution >= 0.6 is 11.3 Å². The van der Waals surface area contributed by atoms with Crippen molar-refractivity contribution in [3.8, 4) is 0 Å². The fourth-order valence-corrected chi connectivity index (χ4v) is 4.28. The van der Waals surface area contributed by atoms with Gasteiger partial charge in [-0.3, -0.25) is 4.79 Å². The minimum Gasteiger partial charge on any atom is -0.390 e. The van der Waals surface area contributed by atoms with Gasteiger partial charge in [-0.15, -0.1) is 11.3 Å². The first-order chi connectivity index (χ1) is 11.0. The monoisotopic (exact) mass is 339 g/mol. The van der Waals surface area contributed by atoms with Gasteiger partial charge in [0, 0.05) is 31.6 Å². The maximum atomic E-state index is 12.6. The number of carbonyl (C=O) groups is 1. The molecule has 0 aliphatic carbocycles. The highest BCUT2D eigenvalue weighted by molar-refractivity contribution is 7.09. The Morgan fingerprint density at radius 1 is 1.52 bits per heavy atom. The topological polar surface area (TPSA) is 65.9 Å². The van der Waals surface area contributed by atoms with E-state index in [4.69, 9.17) is 4.74 Å². The molecule has 23 heavy (non-hydrogen) atoms. The lowest BCUT2D eigenvalue weighted by molar-refractivity contribution is -0.174. The smallest absolute Gasteiger partial charge is 0.273 e. The first kappa shape index (κ1) is 16.8. The zero-order valence-corrected chi connectivity index (χ0v) is 14.6. The third-order valence-electron chi connectivity index (χ3n) is 4.74. The second-order valence-corrected chi connectivity index (χ2v) is 7.67. The van der Waals surface area contributed by atoms with Crippen LogP contribution in [0.5, 0.6) is 0 Å². The van der Waals surface area contributed by atoms with Gasteiger partial charge in [0.05, 0.1) is 11.7 Å². The first-order valence-corrected chi connectivity index (χ1v) is 9.08. The number of aliphatic hydroxyl groups is 1. The summed E-state index contributed by atoms with van der Waals surface area (Å²) in [5.74, 6) is -0.00796. The molecule has 2 aliphatic rings. The van der Waals surface area contributed by atoms with Crippen LogP contribution in [0.1, 0.15) is 41.2 Å². The second-order valence-electron chi connectivity index (χ2n) is 6.73. The van der Waals surface area contributed by atoms with Gasteiger partial charge in [0.1, 0.15) is 10.7 Å². The molecule has 2 fully saturated rings. The lowest BCUT2D eigenvalue weighted by Crippen LogP contribution is -2.56. The molecule has 0 radical (unpaired) electrons. The van der Waals surface area contributed by atoms with Gasteiger partial charge in [0.25, 0.3) is 5.91 Å². The van der Waals surface area contributed by atoms with Gasteiger partial charge in [0.2, 0.25) is 0 Å². The van der Waals surface area contributed by atoms with E-state index in [9.17, 15) is 9.90 Å². The van der Waals surface area contributed by atoms with Crippen LogP contribution in [-0.2, 0) is 11.3 Å². The Hall–Kier alpha value is -1.02. The van der Waals surface area contributed by atoms with Crippen molar-refractivity contribution >= 4 is 17.2 Å². The lowest BCUT2D eigenvalue weighted by Gasteiger charge is -2.46. The molecular formula is C16H25N3O3S. The Morgan fingerprint density at radius 2 is 2.26 bits per heavy atom. The maximum Gasteiger partial charge on any atom is 0.273 e. The van der Waals surface area contributed by atoms with E-state index in [1.165, 1.54) is 11.3 Å². The molecule has 1 spiro atoms. The van der Waals surface area contributed by atoms with Gasteiger partial charge in [-0.05, 0) is 39.8 Å². The molecule has 7 heteroatoms. The molecule has 6 nitrogen and oxygen atoms in total. The Kier molecular flexibility index (Phi) is 5.01. The minimum atomic E-state index is -0.437. The number of piperidine rings is 1. The summed E-state index contributed by atoms with van der Waals surface area (Å²) in [6, 6.07) is 0. The molecule has 3 heterocycles. The van der Waals surface area contributed by atoms with Gasteiger partial charge in [-0.25, -0.2) is 4.98 Å². The summed E-state index contributed by atoms with van der Waals surface area (Å²) in [7, 11) is 3.98. The average Bonchev–Trinajstić information content (AvgIpc) is 2.98. The molecule has 1 aromatic heterocycles. The van der Waals surface area contributed by atoms with Crippen molar-refractivity contribution in [3.05, 3.63) is 16.1 Å². The van der Waals surface area contributed by atoms with Gasteiger partial charge >= 0.3 is 0 Å². The van der Waals surface area contributed by atoms with Crippen LogP contribution in [0.2, 0.25) is 0 Å². The summed E-state index contributed by atoms with van der Waals surface area (Å²) in [4.78, 5) is 20.9. The number of likely N-dealkylation sites (tertiary alicyclic amines) is 1. The predicted octanol–water partition coefficient (Wildman–Crippen LogP) is 1.35. The standard InChI is InChI=1S/C16H25N3O3S/c1-18(2)10-14-17-12(11-23-14)15(21)19-7-5-16(6-8-19)13(20)4-3-9-22-16/h11,13,20H,3-10H2,1-2H3. The summed E-state index contributed by atoms with van der Waals surface area (Å²) >= 11 is 1.53. The van der Waals surface area contributed by atoms with Crippen molar-refractivity contribution < 1.29 is 14.6 Å². The summed E-state index contributed by atoms with van der Waals surface area (Å²) in [6.45, 7) is 2.71. The normalized spacial score (nSPS) is 24.3. The van der Waals surface area contributed by atoms with Crippen LogP contribution in [0.4, 0.5) is 0 Å². The average molecular weight is 339 g/mol. The number of ether oxygens (including phenoxy) is 1. The maximum absolute atomic E-state index is 12.6. The zero-order chi connectivity index (χ0) is 16.4. The van der Waals surface area contributed by atoms with Gasteiger partial charge in [-0.2, -0.15) is 0 Å². The molecule has 0 aromatic carbocycles. The molecule has 0 saturated carbocycles. The van der Waals surface area contributed by atoms with Crippen LogP contribution < -0.4 is 0 Å². The molecular weight excluding hydrogens is 314 g/mol. The molecule has 3 rings (SSSR count). The third-order valence-corrected chi connectivity index (χ3v) is 5.57. The van der Waals surface area contributed by atoms with Gasteiger partial charge in [-0.1, -0.05) is 0 Å². The van der Waals surface area contributed by atoms with Crippen molar-refractivity contribution in [1.82, 2.24) is 14.8 Å². The Morgan fingerprint density at radius 3 is 2.91 bits per heavy atom. The van der Waals surface area contributed by atoms with E-state index in [-0.39, 0.29) is 5.91 Å². The van der Waals surface area contributed by atoms with E-state index in [1.54, 1.807) is 0 Å². The molecule has 2 saturated heterocycles. The van der Waals surface area contributed by atoms with E-state index < -0.39 is 11.7 Å². The SMILES string of the molecule is CN(C)Cc1nc(C(=O)N2CCC3(CC2)OCCCC3O)cs1. The van der Waals surface area contributed by atoms with Crippen LogP contribution in [0.25, 0.3) is 0 Å². The van der Waals surface area contributed by atoms with E-state index in [2.05, 4.69) is 4.98 Å². The van der Waals surface area contributed by atoms with Gasteiger partial charge < -0.3 is 19.6 Å². The Labute approximate surface area is 141 Å². The first-order valence-electron chi connectivity index (χ1n) is 8.21. The summed E-state index contributed by atoms with van der Waals surface area (Å²) in [5, 5.41) is 13.1. The highest BCUT2D eigenvalue weighted by Crippen LogP contribution is 2.35. The summed E-state index contributed by atoms with van der Waals surface area (Å²) < 4.78 is 5.89. The number of carbonyl (C=O) groups excluding carboxylic acids is 1. The highest BCUT2D eigenvalue weighted by atomic mass is 32.1. The third kappa shape index (κ3) is 3.57. The molecule has 1 amide bonds. The fraction of sp³-hybridized carbons (Fsp3) is 0.750. The Bertz CT molecular complexity index is 553. The summed E-state index contributed by atoms with van der Waals surface area (Å²) in [5.41, 5.74) is 0.0978. The molecule has 1 atom stereocenters. The van der Waals surface area contributed by atoms with E-state index in [0.717, 1.165) is 24.4 Å². The number of rotatable bonds is 3. The molecule has 0 bridgehead atoms. The lowest BCUT2D eigenvalue weighted by atomic mass is 9.82. The molecule has 1 aromatic rings. The van der Waals surface area contributed by atoms with Crippen LogP contribution in [0.3, 0.4) is 0 Å². The van der Waals surface area contributed by atoms with Crippen LogP contribution in [-0.4, -0.2) is 71.3 Å². The van der Waals surface area contributed by atoms with E-state index >= 15 is 0 Å². The number of aliphatic hydroxyl groups excluding tert-OH is 1. The van der Waals surface area contributed by atoms with Crippen molar-refractivity contribution in [2.45, 2.75) is 43.9 Å². The largest absolute Gasteiger partial charge is 0.390 e. The Balaban J connectivity index is 1.61. The van der Waals surface area contributed by atoms with Crippen molar-refractivity contribution in [2.24, 2.45) is 0 Å². The molecule has 1 N–H and O–H groups in total. The van der Waals surface area contributed by atoms with E-state index in [1.807, 2.05) is 29.3 Å². The van der Waals surface area contributed by atoms with Gasteiger partial charge in [0.15, 0.2) is 0 Å². The number of amides is 1. The fourth-order valence-electron chi connectivity index (χ4n) is 3.39. The zero-order valence-electron chi connectivity index (χ0n) is 13.8. The van der Waals surface area contributed by atoms with Crippen molar-refractivity contribution in [3.63, 3.8) is 0 Å². The number of nitrogens with zero attached hydrogens (tertiary/aromatic N) is 3. The van der Waals surface area contributed by atoms with Crippen molar-refractivity contribution in [2.75, 3.05) is 33.8 Å². The van der Waals surface area contributed by atoms with Crippen LogP contribution in [0, 0.1) is 0 Å². The number of aromatic nitrogens is 1. The molecule has 2 aliphatic heterocycles. The molecule has 1 unspecified atom stereocenters. The number of hydrogen-bond donors (Lipinski definition) is 1. The van der Waals surface area contributed by atoms with E-state index in [0.29, 0.717) is 38.2 Å². The number of thiazole rings is 1.